The first-order valence-corrected chi connectivity index (χ1v) is 8.41. The first kappa shape index (κ1) is 17.7. The van der Waals surface area contributed by atoms with Gasteiger partial charge in [0.25, 0.3) is 11.8 Å². The van der Waals surface area contributed by atoms with E-state index >= 15 is 0 Å². The van der Waals surface area contributed by atoms with E-state index in [9.17, 15) is 14.4 Å². The molecule has 0 bridgehead atoms. The molecule has 0 unspecified atom stereocenters. The van der Waals surface area contributed by atoms with Gasteiger partial charge in [0.15, 0.2) is 0 Å². The van der Waals surface area contributed by atoms with Crippen molar-refractivity contribution in [1.82, 2.24) is 4.90 Å². The van der Waals surface area contributed by atoms with Gasteiger partial charge in [-0.3, -0.25) is 19.3 Å². The van der Waals surface area contributed by atoms with E-state index in [1.54, 1.807) is 18.2 Å². The highest BCUT2D eigenvalue weighted by molar-refractivity contribution is 6.21. The van der Waals surface area contributed by atoms with E-state index in [-0.39, 0.29) is 17.7 Å². The van der Waals surface area contributed by atoms with Crippen molar-refractivity contribution in [2.75, 3.05) is 19.0 Å². The Morgan fingerprint density at radius 1 is 1.08 bits per heavy atom. The average molecular weight is 352 g/mol. The predicted octanol–water partition coefficient (Wildman–Crippen LogP) is 3.02. The number of rotatable bonds is 6. The number of carbonyl (C=O) groups is 3. The van der Waals surface area contributed by atoms with Gasteiger partial charge in [-0.2, -0.15) is 0 Å². The number of hydrogen-bond acceptors (Lipinski definition) is 4. The number of hydrogen-bond donors (Lipinski definition) is 1. The van der Waals surface area contributed by atoms with Crippen LogP contribution in [0, 0.1) is 6.92 Å². The lowest BCUT2D eigenvalue weighted by Gasteiger charge is -2.08. The summed E-state index contributed by atoms with van der Waals surface area (Å²) in [5.74, 6) is -0.0527. The summed E-state index contributed by atoms with van der Waals surface area (Å²) >= 11 is 0. The summed E-state index contributed by atoms with van der Waals surface area (Å²) in [5, 5.41) is 2.75. The molecule has 6 heteroatoms. The fourth-order valence-electron chi connectivity index (χ4n) is 2.79. The maximum Gasteiger partial charge on any atom is 0.261 e. The molecule has 0 saturated carbocycles. The van der Waals surface area contributed by atoms with Crippen LogP contribution in [0.1, 0.15) is 39.1 Å². The van der Waals surface area contributed by atoms with E-state index in [4.69, 9.17) is 4.74 Å². The van der Waals surface area contributed by atoms with Crippen molar-refractivity contribution < 1.29 is 19.1 Å². The first-order chi connectivity index (χ1) is 12.5. The summed E-state index contributed by atoms with van der Waals surface area (Å²) in [6.45, 7) is 2.44. The summed E-state index contributed by atoms with van der Waals surface area (Å²) in [5.41, 5.74) is 2.31. The highest BCUT2D eigenvalue weighted by Crippen LogP contribution is 2.24. The third-order valence-electron chi connectivity index (χ3n) is 4.18. The first-order valence-electron chi connectivity index (χ1n) is 8.41. The zero-order valence-electron chi connectivity index (χ0n) is 14.7. The molecule has 26 heavy (non-hydrogen) atoms. The van der Waals surface area contributed by atoms with Crippen molar-refractivity contribution in [3.63, 3.8) is 0 Å². The Morgan fingerprint density at radius 2 is 1.85 bits per heavy atom. The van der Waals surface area contributed by atoms with Crippen LogP contribution in [0.3, 0.4) is 0 Å². The van der Waals surface area contributed by atoms with Crippen LogP contribution >= 0.6 is 0 Å². The molecule has 0 radical (unpaired) electrons. The maximum absolute atomic E-state index is 12.1. The number of fused-ring (bicyclic) bond motifs is 1. The third kappa shape index (κ3) is 3.74. The van der Waals surface area contributed by atoms with Gasteiger partial charge in [0.1, 0.15) is 5.75 Å². The second-order valence-corrected chi connectivity index (χ2v) is 6.25. The molecular formula is C20H20N2O4. The normalized spacial score (nSPS) is 12.9. The number of amides is 3. The smallest absolute Gasteiger partial charge is 0.261 e. The van der Waals surface area contributed by atoms with Crippen LogP contribution in [0.5, 0.6) is 5.75 Å². The van der Waals surface area contributed by atoms with Crippen LogP contribution in [0.2, 0.25) is 0 Å². The van der Waals surface area contributed by atoms with Crippen LogP contribution in [0.4, 0.5) is 5.69 Å². The van der Waals surface area contributed by atoms with E-state index in [0.717, 1.165) is 16.2 Å². The topological polar surface area (TPSA) is 75.7 Å². The van der Waals surface area contributed by atoms with Crippen LogP contribution in [-0.4, -0.2) is 36.3 Å². The van der Waals surface area contributed by atoms with Gasteiger partial charge >= 0.3 is 0 Å². The second kappa shape index (κ2) is 7.39. The second-order valence-electron chi connectivity index (χ2n) is 6.25. The Balaban J connectivity index is 1.50. The van der Waals surface area contributed by atoms with Crippen LogP contribution < -0.4 is 10.1 Å². The van der Waals surface area contributed by atoms with Gasteiger partial charge in [0.2, 0.25) is 5.91 Å². The van der Waals surface area contributed by atoms with Crippen molar-refractivity contribution >= 4 is 23.4 Å². The van der Waals surface area contributed by atoms with Crippen molar-refractivity contribution in [1.29, 1.82) is 0 Å². The minimum Gasteiger partial charge on any atom is -0.494 e. The predicted molar refractivity (Wildman–Crippen MR) is 97.4 cm³/mol. The molecule has 0 aliphatic carbocycles. The Morgan fingerprint density at radius 3 is 2.62 bits per heavy atom. The number of imide groups is 1. The van der Waals surface area contributed by atoms with E-state index < -0.39 is 0 Å². The molecular weight excluding hydrogens is 332 g/mol. The van der Waals surface area contributed by atoms with Crippen molar-refractivity contribution in [2.45, 2.75) is 19.8 Å². The molecule has 1 heterocycles. The Hall–Kier alpha value is -3.15. The van der Waals surface area contributed by atoms with Crippen molar-refractivity contribution in [3.05, 3.63) is 59.2 Å². The molecule has 6 nitrogen and oxygen atoms in total. The molecule has 0 atom stereocenters. The van der Waals surface area contributed by atoms with Crippen LogP contribution in [-0.2, 0) is 4.79 Å². The summed E-state index contributed by atoms with van der Waals surface area (Å²) in [4.78, 5) is 37.0. The molecule has 1 aliphatic heterocycles. The average Bonchev–Trinajstić information content (AvgIpc) is 2.83. The number of aryl methyl sites for hydroxylation is 1. The van der Waals surface area contributed by atoms with Gasteiger partial charge in [0, 0.05) is 19.2 Å². The molecule has 3 rings (SSSR count). The molecule has 1 aliphatic rings. The van der Waals surface area contributed by atoms with Gasteiger partial charge < -0.3 is 10.1 Å². The van der Waals surface area contributed by atoms with Gasteiger partial charge in [0.05, 0.1) is 17.7 Å². The third-order valence-corrected chi connectivity index (χ3v) is 4.18. The largest absolute Gasteiger partial charge is 0.494 e. The lowest BCUT2D eigenvalue weighted by atomic mass is 10.1. The lowest BCUT2D eigenvalue weighted by Crippen LogP contribution is -2.24. The number of nitrogens with one attached hydrogen (secondary N) is 1. The van der Waals surface area contributed by atoms with Crippen molar-refractivity contribution in [3.8, 4) is 5.75 Å². The highest BCUT2D eigenvalue weighted by atomic mass is 16.5. The molecule has 0 aromatic heterocycles. The Bertz CT molecular complexity index is 876. The summed E-state index contributed by atoms with van der Waals surface area (Å²) in [7, 11) is 1.44. The summed E-state index contributed by atoms with van der Waals surface area (Å²) < 4.78 is 5.62. The minimum absolute atomic E-state index is 0.164. The molecule has 3 amide bonds. The molecule has 2 aromatic carbocycles. The fourth-order valence-corrected chi connectivity index (χ4v) is 2.79. The zero-order chi connectivity index (χ0) is 18.7. The van der Waals surface area contributed by atoms with Crippen molar-refractivity contribution in [2.24, 2.45) is 0 Å². The standard InChI is InChI=1S/C20H20N2O4/c1-13-5-3-6-15(11-13)26-10-4-7-18(23)21-14-8-9-16-17(12-14)20(25)22(2)19(16)24/h3,5-6,8-9,11-12H,4,7,10H2,1-2H3,(H,21,23). The number of benzene rings is 2. The number of carbonyl (C=O) groups excluding carboxylic acids is 3. The van der Waals surface area contributed by atoms with Gasteiger partial charge in [-0.05, 0) is 49.2 Å². The van der Waals surface area contributed by atoms with Crippen LogP contribution in [0.25, 0.3) is 0 Å². The van der Waals surface area contributed by atoms with Gasteiger partial charge in [-0.1, -0.05) is 12.1 Å². The number of nitrogens with zero attached hydrogens (tertiary/aromatic N) is 1. The lowest BCUT2D eigenvalue weighted by molar-refractivity contribution is -0.116. The van der Waals surface area contributed by atoms with Gasteiger partial charge in [-0.15, -0.1) is 0 Å². The quantitative estimate of drug-likeness (QED) is 0.640. The van der Waals surface area contributed by atoms with E-state index in [1.807, 2.05) is 31.2 Å². The Labute approximate surface area is 151 Å². The molecule has 1 N–H and O–H groups in total. The fraction of sp³-hybridized carbons (Fsp3) is 0.250. The molecule has 0 saturated heterocycles. The van der Waals surface area contributed by atoms with E-state index in [2.05, 4.69) is 5.32 Å². The molecule has 0 spiro atoms. The molecule has 134 valence electrons. The van der Waals surface area contributed by atoms with E-state index in [0.29, 0.717) is 36.3 Å². The SMILES string of the molecule is Cc1cccc(OCCCC(=O)Nc2ccc3c(c2)C(=O)N(C)C3=O)c1. The van der Waals surface area contributed by atoms with E-state index in [1.165, 1.54) is 7.05 Å². The molecule has 0 fully saturated rings. The monoisotopic (exact) mass is 352 g/mol. The van der Waals surface area contributed by atoms with Crippen LogP contribution in [0.15, 0.2) is 42.5 Å². The number of anilines is 1. The maximum atomic E-state index is 12.1. The Kier molecular flexibility index (Phi) is 5.02. The zero-order valence-corrected chi connectivity index (χ0v) is 14.7. The molecule has 2 aromatic rings. The number of ether oxygens (including phenoxy) is 1. The summed E-state index contributed by atoms with van der Waals surface area (Å²) in [6.07, 6.45) is 0.876. The summed E-state index contributed by atoms with van der Waals surface area (Å²) in [6, 6.07) is 12.5. The van der Waals surface area contributed by atoms with Gasteiger partial charge in [-0.25, -0.2) is 0 Å². The minimum atomic E-state index is -0.354. The highest BCUT2D eigenvalue weighted by Gasteiger charge is 2.32.